The topological polar surface area (TPSA) is 69.3 Å². The van der Waals surface area contributed by atoms with Gasteiger partial charge < -0.3 is 4.57 Å². The van der Waals surface area contributed by atoms with E-state index in [2.05, 4.69) is 9.97 Å². The first-order valence-corrected chi connectivity index (χ1v) is 9.12. The molecule has 7 heteroatoms. The highest BCUT2D eigenvalue weighted by Crippen LogP contribution is 2.14. The fraction of sp³-hybridized carbons (Fsp3) is 0.143. The van der Waals surface area contributed by atoms with Gasteiger partial charge in [0.15, 0.2) is 5.78 Å². The Morgan fingerprint density at radius 3 is 2.43 bits per heavy atom. The van der Waals surface area contributed by atoms with Gasteiger partial charge in [-0.1, -0.05) is 35.9 Å². The lowest BCUT2D eigenvalue weighted by Gasteiger charge is -2.07. The number of hydrogen-bond acceptors (Lipinski definition) is 4. The summed E-state index contributed by atoms with van der Waals surface area (Å²) in [5.74, 6) is 0.488. The lowest BCUT2D eigenvalue weighted by atomic mass is 10.0. The normalized spacial score (nSPS) is 11.1. The van der Waals surface area contributed by atoms with Gasteiger partial charge in [-0.15, -0.1) is 0 Å². The number of fused-ring (bicyclic) bond motifs is 1. The molecule has 4 rings (SSSR count). The van der Waals surface area contributed by atoms with Crippen molar-refractivity contribution in [1.82, 2.24) is 18.9 Å². The number of ketones is 1. The summed E-state index contributed by atoms with van der Waals surface area (Å²) in [6, 6.07) is 10.6. The first-order chi connectivity index (χ1) is 13.4. The molecule has 0 radical (unpaired) electrons. The minimum Gasteiger partial charge on any atom is -0.312 e. The maximum absolute atomic E-state index is 12.5. The molecule has 0 aliphatic heterocycles. The summed E-state index contributed by atoms with van der Waals surface area (Å²) < 4.78 is 3.46. The predicted molar refractivity (Wildman–Crippen MR) is 107 cm³/mol. The van der Waals surface area contributed by atoms with Gasteiger partial charge in [0.1, 0.15) is 5.15 Å². The van der Waals surface area contributed by atoms with Crippen molar-refractivity contribution < 1.29 is 4.79 Å². The number of imidazole rings is 1. The van der Waals surface area contributed by atoms with Gasteiger partial charge in [-0.2, -0.15) is 0 Å². The van der Waals surface area contributed by atoms with Crippen molar-refractivity contribution in [2.75, 3.05) is 0 Å². The second-order valence-corrected chi connectivity index (χ2v) is 7.01. The van der Waals surface area contributed by atoms with Crippen LogP contribution in [0, 0.1) is 13.8 Å². The minimum absolute atomic E-state index is 0.0567. The van der Waals surface area contributed by atoms with E-state index in [1.807, 2.05) is 29.8 Å². The molecule has 6 nitrogen and oxygen atoms in total. The Hall–Kier alpha value is -3.25. The van der Waals surface area contributed by atoms with Gasteiger partial charge in [-0.3, -0.25) is 14.0 Å². The SMILES string of the molecule is Cc1nc2n(Cc3ccc(C(=O)c4ccc(Cl)nc4)cc3)ccn2c(=O)c1C. The maximum atomic E-state index is 12.5. The summed E-state index contributed by atoms with van der Waals surface area (Å²) >= 11 is 5.77. The quantitative estimate of drug-likeness (QED) is 0.394. The van der Waals surface area contributed by atoms with Crippen LogP contribution in [0.25, 0.3) is 5.78 Å². The van der Waals surface area contributed by atoms with Gasteiger partial charge in [0, 0.05) is 41.0 Å². The average molecular weight is 393 g/mol. The van der Waals surface area contributed by atoms with Crippen LogP contribution in [0.2, 0.25) is 5.15 Å². The van der Waals surface area contributed by atoms with Crippen molar-refractivity contribution in [3.05, 3.63) is 98.4 Å². The summed E-state index contributed by atoms with van der Waals surface area (Å²) in [4.78, 5) is 33.4. The molecule has 0 fully saturated rings. The number of pyridine rings is 1. The van der Waals surface area contributed by atoms with Crippen LogP contribution < -0.4 is 5.56 Å². The van der Waals surface area contributed by atoms with Crippen molar-refractivity contribution in [3.63, 3.8) is 0 Å². The Balaban J connectivity index is 1.60. The summed E-state index contributed by atoms with van der Waals surface area (Å²) in [5, 5.41) is 0.351. The van der Waals surface area contributed by atoms with Crippen LogP contribution in [-0.2, 0) is 6.54 Å². The van der Waals surface area contributed by atoms with E-state index in [-0.39, 0.29) is 11.3 Å². The molecule has 0 spiro atoms. The van der Waals surface area contributed by atoms with E-state index in [1.54, 1.807) is 41.8 Å². The maximum Gasteiger partial charge on any atom is 0.262 e. The standard InChI is InChI=1S/C21H17ClN4O2/c1-13-14(2)24-21-25(9-10-26(21)20(13)28)12-15-3-5-16(6-4-15)19(27)17-7-8-18(22)23-11-17/h3-11H,12H2,1-2H3. The predicted octanol–water partition coefficient (Wildman–Crippen LogP) is 3.44. The van der Waals surface area contributed by atoms with Gasteiger partial charge >= 0.3 is 0 Å². The van der Waals surface area contributed by atoms with E-state index < -0.39 is 0 Å². The van der Waals surface area contributed by atoms with Crippen molar-refractivity contribution in [2.45, 2.75) is 20.4 Å². The number of nitrogens with zero attached hydrogens (tertiary/aromatic N) is 4. The number of halogens is 1. The number of carbonyl (C=O) groups is 1. The molecule has 0 saturated heterocycles. The third-order valence-corrected chi connectivity index (χ3v) is 5.00. The first-order valence-electron chi connectivity index (χ1n) is 8.74. The van der Waals surface area contributed by atoms with Crippen molar-refractivity contribution >= 4 is 23.2 Å². The lowest BCUT2D eigenvalue weighted by Crippen LogP contribution is -2.19. The largest absolute Gasteiger partial charge is 0.312 e. The summed E-state index contributed by atoms with van der Waals surface area (Å²) in [6.07, 6.45) is 5.03. The van der Waals surface area contributed by atoms with Crippen LogP contribution in [-0.4, -0.2) is 24.7 Å². The zero-order chi connectivity index (χ0) is 19.8. The Kier molecular flexibility index (Phi) is 4.57. The van der Waals surface area contributed by atoms with E-state index in [0.29, 0.717) is 34.2 Å². The van der Waals surface area contributed by atoms with Gasteiger partial charge in [0.2, 0.25) is 5.78 Å². The number of aromatic nitrogens is 4. The van der Waals surface area contributed by atoms with Gasteiger partial charge in [-0.05, 0) is 31.5 Å². The Morgan fingerprint density at radius 1 is 1.04 bits per heavy atom. The van der Waals surface area contributed by atoms with E-state index in [9.17, 15) is 9.59 Å². The van der Waals surface area contributed by atoms with Crippen LogP contribution in [0.3, 0.4) is 0 Å². The molecule has 28 heavy (non-hydrogen) atoms. The molecule has 0 unspecified atom stereocenters. The number of aryl methyl sites for hydroxylation is 1. The van der Waals surface area contributed by atoms with Gasteiger partial charge in [0.25, 0.3) is 5.56 Å². The fourth-order valence-corrected chi connectivity index (χ4v) is 3.13. The second-order valence-electron chi connectivity index (χ2n) is 6.62. The summed E-state index contributed by atoms with van der Waals surface area (Å²) in [7, 11) is 0. The monoisotopic (exact) mass is 392 g/mol. The highest BCUT2D eigenvalue weighted by atomic mass is 35.5. The molecule has 3 heterocycles. The highest BCUT2D eigenvalue weighted by Gasteiger charge is 2.12. The fourth-order valence-electron chi connectivity index (χ4n) is 3.02. The molecule has 140 valence electrons. The molecule has 0 bridgehead atoms. The van der Waals surface area contributed by atoms with Crippen molar-refractivity contribution in [2.24, 2.45) is 0 Å². The first kappa shape index (κ1) is 18.1. The van der Waals surface area contributed by atoms with E-state index in [0.717, 1.165) is 11.3 Å². The van der Waals surface area contributed by atoms with Crippen LogP contribution in [0.5, 0.6) is 0 Å². The van der Waals surface area contributed by atoms with Gasteiger partial charge in [-0.25, -0.2) is 9.97 Å². The molecule has 4 aromatic rings. The number of benzene rings is 1. The molecular weight excluding hydrogens is 376 g/mol. The molecule has 0 aliphatic rings. The Bertz CT molecular complexity index is 1240. The Morgan fingerprint density at radius 2 is 1.75 bits per heavy atom. The molecule has 1 aromatic carbocycles. The molecule has 3 aromatic heterocycles. The highest BCUT2D eigenvalue weighted by molar-refractivity contribution is 6.29. The molecular formula is C21H17ClN4O2. The third-order valence-electron chi connectivity index (χ3n) is 4.78. The molecule has 0 aliphatic carbocycles. The van der Waals surface area contributed by atoms with Crippen LogP contribution in [0.15, 0.2) is 59.8 Å². The zero-order valence-corrected chi connectivity index (χ0v) is 16.1. The van der Waals surface area contributed by atoms with Crippen LogP contribution in [0.1, 0.15) is 32.7 Å². The van der Waals surface area contributed by atoms with E-state index in [4.69, 9.17) is 11.6 Å². The molecule has 0 N–H and O–H groups in total. The summed E-state index contributed by atoms with van der Waals surface area (Å²) in [5.41, 5.74) is 3.38. The second kappa shape index (κ2) is 7.05. The smallest absolute Gasteiger partial charge is 0.262 e. The number of hydrogen-bond donors (Lipinski definition) is 0. The van der Waals surface area contributed by atoms with E-state index in [1.165, 1.54) is 6.20 Å². The Labute approximate surface area is 166 Å². The number of carbonyl (C=O) groups excluding carboxylic acids is 1. The third kappa shape index (κ3) is 3.23. The van der Waals surface area contributed by atoms with Crippen molar-refractivity contribution in [1.29, 1.82) is 0 Å². The van der Waals surface area contributed by atoms with Crippen LogP contribution >= 0.6 is 11.6 Å². The molecule has 0 amide bonds. The number of rotatable bonds is 4. The molecule has 0 atom stereocenters. The van der Waals surface area contributed by atoms with Crippen LogP contribution in [0.4, 0.5) is 0 Å². The average Bonchev–Trinajstić information content (AvgIpc) is 3.09. The van der Waals surface area contributed by atoms with Gasteiger partial charge in [0.05, 0.1) is 6.54 Å². The summed E-state index contributed by atoms with van der Waals surface area (Å²) in [6.45, 7) is 4.16. The zero-order valence-electron chi connectivity index (χ0n) is 15.4. The molecule has 0 saturated carbocycles. The van der Waals surface area contributed by atoms with Crippen molar-refractivity contribution in [3.8, 4) is 0 Å². The lowest BCUT2D eigenvalue weighted by molar-refractivity contribution is 0.103. The minimum atomic E-state index is -0.110. The van der Waals surface area contributed by atoms with E-state index >= 15 is 0 Å².